The van der Waals surface area contributed by atoms with Crippen molar-refractivity contribution < 1.29 is 9.47 Å². The predicted molar refractivity (Wildman–Crippen MR) is 112 cm³/mol. The SMILES string of the molecule is COCCn1nnnc1CN(Cc1cc2ccc(C)cc2[nH]c1=O)C[C@H]1CCCO1. The summed E-state index contributed by atoms with van der Waals surface area (Å²) in [6.07, 6.45) is 2.26. The van der Waals surface area contributed by atoms with Crippen LogP contribution in [0.3, 0.4) is 0 Å². The Morgan fingerprint density at radius 2 is 2.23 bits per heavy atom. The molecule has 0 spiro atoms. The summed E-state index contributed by atoms with van der Waals surface area (Å²) < 4.78 is 12.7. The number of aromatic nitrogens is 5. The van der Waals surface area contributed by atoms with E-state index < -0.39 is 0 Å². The third-order valence-corrected chi connectivity index (χ3v) is 5.44. The molecule has 160 valence electrons. The number of tetrazole rings is 1. The lowest BCUT2D eigenvalue weighted by Crippen LogP contribution is -2.34. The van der Waals surface area contributed by atoms with Crippen LogP contribution in [0.1, 0.15) is 29.8 Å². The van der Waals surface area contributed by atoms with Crippen LogP contribution < -0.4 is 5.56 Å². The van der Waals surface area contributed by atoms with Gasteiger partial charge in [-0.1, -0.05) is 12.1 Å². The molecule has 0 bridgehead atoms. The average molecular weight is 412 g/mol. The zero-order valence-corrected chi connectivity index (χ0v) is 17.5. The number of hydrogen-bond acceptors (Lipinski definition) is 7. The van der Waals surface area contributed by atoms with Gasteiger partial charge in [0, 0.05) is 37.9 Å². The van der Waals surface area contributed by atoms with Gasteiger partial charge in [0.05, 0.1) is 25.8 Å². The van der Waals surface area contributed by atoms with Crippen LogP contribution in [0.5, 0.6) is 0 Å². The van der Waals surface area contributed by atoms with E-state index in [0.717, 1.165) is 53.8 Å². The highest BCUT2D eigenvalue weighted by Crippen LogP contribution is 2.18. The maximum atomic E-state index is 12.8. The van der Waals surface area contributed by atoms with Crippen molar-refractivity contribution in [2.75, 3.05) is 26.9 Å². The van der Waals surface area contributed by atoms with Gasteiger partial charge in [-0.15, -0.1) is 5.10 Å². The maximum Gasteiger partial charge on any atom is 0.252 e. The predicted octanol–water partition coefficient (Wildman–Crippen LogP) is 1.65. The third-order valence-electron chi connectivity index (χ3n) is 5.44. The van der Waals surface area contributed by atoms with Crippen LogP contribution in [0.15, 0.2) is 29.1 Å². The molecule has 1 saturated heterocycles. The Balaban J connectivity index is 1.57. The first-order chi connectivity index (χ1) is 14.6. The summed E-state index contributed by atoms with van der Waals surface area (Å²) in [7, 11) is 1.65. The molecule has 30 heavy (non-hydrogen) atoms. The minimum absolute atomic E-state index is 0.0654. The lowest BCUT2D eigenvalue weighted by molar-refractivity contribution is 0.0660. The van der Waals surface area contributed by atoms with E-state index in [4.69, 9.17) is 9.47 Å². The Hall–Kier alpha value is -2.62. The maximum absolute atomic E-state index is 12.8. The van der Waals surface area contributed by atoms with E-state index >= 15 is 0 Å². The Morgan fingerprint density at radius 3 is 3.03 bits per heavy atom. The summed E-state index contributed by atoms with van der Waals surface area (Å²) in [5.74, 6) is 0.748. The molecule has 1 aliphatic heterocycles. The molecule has 2 aromatic heterocycles. The largest absolute Gasteiger partial charge is 0.383 e. The lowest BCUT2D eigenvalue weighted by atomic mass is 10.1. The third kappa shape index (κ3) is 4.92. The molecule has 0 unspecified atom stereocenters. The summed E-state index contributed by atoms with van der Waals surface area (Å²) in [6, 6.07) is 8.07. The van der Waals surface area contributed by atoms with E-state index in [1.54, 1.807) is 11.8 Å². The van der Waals surface area contributed by atoms with Crippen LogP contribution in [0.25, 0.3) is 10.9 Å². The number of fused-ring (bicyclic) bond motifs is 1. The standard InChI is InChI=1S/C21H28N6O3/c1-15-5-6-16-11-17(21(28)22-19(16)10-15)12-26(13-18-4-3-8-30-18)14-20-23-24-25-27(20)7-9-29-2/h5-6,10-11,18H,3-4,7-9,12-14H2,1-2H3,(H,22,28)/t18-/m1/s1. The van der Waals surface area contributed by atoms with Gasteiger partial charge < -0.3 is 14.5 Å². The summed E-state index contributed by atoms with van der Waals surface area (Å²) in [5, 5.41) is 13.1. The van der Waals surface area contributed by atoms with Gasteiger partial charge in [0.1, 0.15) is 0 Å². The van der Waals surface area contributed by atoms with E-state index in [1.807, 2.05) is 25.1 Å². The van der Waals surface area contributed by atoms with Gasteiger partial charge >= 0.3 is 0 Å². The molecule has 9 heteroatoms. The Morgan fingerprint density at radius 1 is 1.33 bits per heavy atom. The molecule has 1 atom stereocenters. The highest BCUT2D eigenvalue weighted by molar-refractivity contribution is 5.79. The summed E-state index contributed by atoms with van der Waals surface area (Å²) in [4.78, 5) is 18.0. The molecule has 1 fully saturated rings. The Bertz CT molecular complexity index is 1040. The van der Waals surface area contributed by atoms with Gasteiger partial charge in [-0.2, -0.15) is 0 Å². The molecule has 3 heterocycles. The van der Waals surface area contributed by atoms with E-state index in [-0.39, 0.29) is 11.7 Å². The number of benzene rings is 1. The zero-order valence-electron chi connectivity index (χ0n) is 17.5. The molecule has 1 N–H and O–H groups in total. The molecule has 1 aliphatic rings. The summed E-state index contributed by atoms with van der Waals surface area (Å²) >= 11 is 0. The second-order valence-electron chi connectivity index (χ2n) is 7.83. The first-order valence-corrected chi connectivity index (χ1v) is 10.3. The summed E-state index contributed by atoms with van der Waals surface area (Å²) in [5.41, 5.74) is 2.64. The van der Waals surface area contributed by atoms with Crippen molar-refractivity contribution in [2.45, 2.75) is 45.5 Å². The van der Waals surface area contributed by atoms with Crippen molar-refractivity contribution in [2.24, 2.45) is 0 Å². The van der Waals surface area contributed by atoms with Crippen molar-refractivity contribution >= 4 is 10.9 Å². The summed E-state index contributed by atoms with van der Waals surface area (Å²) in [6.45, 7) is 5.68. The van der Waals surface area contributed by atoms with E-state index in [2.05, 4.69) is 31.5 Å². The van der Waals surface area contributed by atoms with E-state index in [9.17, 15) is 4.79 Å². The van der Waals surface area contributed by atoms with Gasteiger partial charge in [-0.3, -0.25) is 9.69 Å². The number of aromatic amines is 1. The number of ether oxygens (including phenoxy) is 2. The molecule has 1 aromatic carbocycles. The molecule has 0 amide bonds. The van der Waals surface area contributed by atoms with Crippen LogP contribution in [-0.2, 0) is 29.1 Å². The number of pyridine rings is 1. The van der Waals surface area contributed by atoms with Gasteiger partial charge in [-0.25, -0.2) is 4.68 Å². The quantitative estimate of drug-likeness (QED) is 0.571. The van der Waals surface area contributed by atoms with Crippen molar-refractivity contribution in [3.63, 3.8) is 0 Å². The molecule has 3 aromatic rings. The minimum atomic E-state index is -0.0654. The molecule has 0 radical (unpaired) electrons. The number of aryl methyl sites for hydroxylation is 1. The fourth-order valence-electron chi connectivity index (χ4n) is 3.87. The molecule has 9 nitrogen and oxygen atoms in total. The number of hydrogen-bond donors (Lipinski definition) is 1. The van der Waals surface area contributed by atoms with E-state index in [0.29, 0.717) is 26.2 Å². The lowest BCUT2D eigenvalue weighted by Gasteiger charge is -2.24. The van der Waals surface area contributed by atoms with Crippen LogP contribution in [0, 0.1) is 6.92 Å². The minimum Gasteiger partial charge on any atom is -0.383 e. The number of methoxy groups -OCH3 is 1. The topological polar surface area (TPSA) is 98.2 Å². The number of nitrogens with one attached hydrogen (secondary N) is 1. The van der Waals surface area contributed by atoms with Gasteiger partial charge in [0.25, 0.3) is 5.56 Å². The molecule has 0 saturated carbocycles. The highest BCUT2D eigenvalue weighted by Gasteiger charge is 2.22. The number of rotatable bonds is 9. The van der Waals surface area contributed by atoms with Crippen molar-refractivity contribution in [1.29, 1.82) is 0 Å². The normalized spacial score (nSPS) is 16.7. The van der Waals surface area contributed by atoms with Crippen LogP contribution >= 0.6 is 0 Å². The molecular formula is C21H28N6O3. The molecular weight excluding hydrogens is 384 g/mol. The van der Waals surface area contributed by atoms with Crippen molar-refractivity contribution in [3.8, 4) is 0 Å². The van der Waals surface area contributed by atoms with Gasteiger partial charge in [-0.05, 0) is 53.3 Å². The second kappa shape index (κ2) is 9.46. The fraction of sp³-hybridized carbons (Fsp3) is 0.524. The van der Waals surface area contributed by atoms with Gasteiger partial charge in [0.2, 0.25) is 0 Å². The second-order valence-corrected chi connectivity index (χ2v) is 7.83. The Kier molecular flexibility index (Phi) is 6.51. The van der Waals surface area contributed by atoms with Crippen molar-refractivity contribution in [1.82, 2.24) is 30.1 Å². The van der Waals surface area contributed by atoms with E-state index in [1.165, 1.54) is 0 Å². The fourth-order valence-corrected chi connectivity index (χ4v) is 3.87. The Labute approximate surface area is 175 Å². The number of H-pyrrole nitrogens is 1. The molecule has 4 rings (SSSR count). The van der Waals surface area contributed by atoms with Crippen LogP contribution in [-0.4, -0.2) is 63.1 Å². The average Bonchev–Trinajstić information content (AvgIpc) is 3.39. The number of nitrogens with zero attached hydrogens (tertiary/aromatic N) is 5. The van der Waals surface area contributed by atoms with Crippen LogP contribution in [0.4, 0.5) is 0 Å². The van der Waals surface area contributed by atoms with Crippen LogP contribution in [0.2, 0.25) is 0 Å². The highest BCUT2D eigenvalue weighted by atomic mass is 16.5. The first kappa shape index (κ1) is 20.6. The smallest absolute Gasteiger partial charge is 0.252 e. The first-order valence-electron chi connectivity index (χ1n) is 10.3. The molecule has 0 aliphatic carbocycles. The zero-order chi connectivity index (χ0) is 20.9. The monoisotopic (exact) mass is 412 g/mol. The van der Waals surface area contributed by atoms with Gasteiger partial charge in [0.15, 0.2) is 5.82 Å². The van der Waals surface area contributed by atoms with Crippen molar-refractivity contribution in [3.05, 3.63) is 51.6 Å².